The molecule has 2 saturated carbocycles. The molecule has 0 aromatic carbocycles. The maximum atomic E-state index is 11.8. The number of nitrogens with one attached hydrogen (secondary N) is 1. The molecule has 0 amide bonds. The van der Waals surface area contributed by atoms with Gasteiger partial charge >= 0.3 is 0 Å². The highest BCUT2D eigenvalue weighted by Crippen LogP contribution is 2.39. The normalized spacial score (nSPS) is 36.3. The van der Waals surface area contributed by atoms with E-state index in [0.717, 1.165) is 31.6 Å². The van der Waals surface area contributed by atoms with Crippen molar-refractivity contribution in [2.24, 2.45) is 23.6 Å². The van der Waals surface area contributed by atoms with E-state index in [-0.39, 0.29) is 5.25 Å². The lowest BCUT2D eigenvalue weighted by atomic mass is 9.71. The average Bonchev–Trinajstić information content (AvgIpc) is 2.48. The molecule has 0 aromatic rings. The summed E-state index contributed by atoms with van der Waals surface area (Å²) in [5, 5.41) is -0.154. The van der Waals surface area contributed by atoms with E-state index in [9.17, 15) is 8.42 Å². The van der Waals surface area contributed by atoms with Gasteiger partial charge in [-0.3, -0.25) is 11.3 Å². The highest BCUT2D eigenvalue weighted by molar-refractivity contribution is 7.91. The highest BCUT2D eigenvalue weighted by atomic mass is 32.2. The van der Waals surface area contributed by atoms with Gasteiger partial charge in [0.25, 0.3) is 0 Å². The third-order valence-corrected chi connectivity index (χ3v) is 7.59. The minimum Gasteiger partial charge on any atom is -0.271 e. The van der Waals surface area contributed by atoms with Crippen molar-refractivity contribution in [1.82, 2.24) is 5.43 Å². The van der Waals surface area contributed by atoms with Gasteiger partial charge in [-0.1, -0.05) is 32.6 Å². The lowest BCUT2D eigenvalue weighted by Gasteiger charge is -2.40. The van der Waals surface area contributed by atoms with Gasteiger partial charge in [0, 0.05) is 12.3 Å². The van der Waals surface area contributed by atoms with Gasteiger partial charge in [-0.05, 0) is 49.9 Å². The Morgan fingerprint density at radius 3 is 2.29 bits per heavy atom. The molecule has 21 heavy (non-hydrogen) atoms. The number of hydrazine groups is 1. The van der Waals surface area contributed by atoms with Crippen LogP contribution < -0.4 is 11.3 Å². The molecule has 0 radical (unpaired) electrons. The van der Waals surface area contributed by atoms with E-state index < -0.39 is 9.84 Å². The number of sulfone groups is 1. The van der Waals surface area contributed by atoms with Gasteiger partial charge < -0.3 is 0 Å². The SMILES string of the molecule is CCC1CCC(C(NN)C2CCCC(S(C)(=O)=O)C2)CC1. The molecule has 3 N–H and O–H groups in total. The first-order chi connectivity index (χ1) is 9.95. The van der Waals surface area contributed by atoms with Crippen molar-refractivity contribution in [1.29, 1.82) is 0 Å². The van der Waals surface area contributed by atoms with Crippen LogP contribution in [0.3, 0.4) is 0 Å². The Bertz CT molecular complexity index is 416. The first kappa shape index (κ1) is 17.2. The molecule has 0 heterocycles. The molecule has 2 rings (SSSR count). The molecular formula is C16H32N2O2S. The van der Waals surface area contributed by atoms with Crippen molar-refractivity contribution in [2.45, 2.75) is 76.0 Å². The van der Waals surface area contributed by atoms with Gasteiger partial charge in [0.2, 0.25) is 0 Å². The van der Waals surface area contributed by atoms with Gasteiger partial charge in [-0.15, -0.1) is 0 Å². The van der Waals surface area contributed by atoms with Crippen molar-refractivity contribution in [3.8, 4) is 0 Å². The van der Waals surface area contributed by atoms with Crippen LogP contribution in [0.1, 0.15) is 64.7 Å². The largest absolute Gasteiger partial charge is 0.271 e. The minimum absolute atomic E-state index is 0.154. The Hall–Kier alpha value is -0.130. The summed E-state index contributed by atoms with van der Waals surface area (Å²) >= 11 is 0. The second-order valence-electron chi connectivity index (χ2n) is 7.26. The van der Waals surface area contributed by atoms with Crippen LogP contribution in [0.5, 0.6) is 0 Å². The molecule has 2 aliphatic rings. The zero-order valence-corrected chi connectivity index (χ0v) is 14.4. The molecule has 0 saturated heterocycles. The average molecular weight is 317 g/mol. The van der Waals surface area contributed by atoms with Crippen molar-refractivity contribution in [3.63, 3.8) is 0 Å². The predicted molar refractivity (Wildman–Crippen MR) is 87.4 cm³/mol. The van der Waals surface area contributed by atoms with Crippen LogP contribution in [-0.4, -0.2) is 26.0 Å². The summed E-state index contributed by atoms with van der Waals surface area (Å²) in [7, 11) is -2.91. The second-order valence-corrected chi connectivity index (χ2v) is 9.59. The minimum atomic E-state index is -2.91. The van der Waals surface area contributed by atoms with Gasteiger partial charge in [-0.25, -0.2) is 8.42 Å². The molecule has 3 atom stereocenters. The van der Waals surface area contributed by atoms with Gasteiger partial charge in [0.15, 0.2) is 0 Å². The third-order valence-electron chi connectivity index (χ3n) is 5.95. The lowest BCUT2D eigenvalue weighted by molar-refractivity contribution is 0.153. The quantitative estimate of drug-likeness (QED) is 0.604. The maximum Gasteiger partial charge on any atom is 0.150 e. The Labute approximate surface area is 130 Å². The summed E-state index contributed by atoms with van der Waals surface area (Å²) in [4.78, 5) is 0. The molecule has 0 aliphatic heterocycles. The van der Waals surface area contributed by atoms with E-state index in [4.69, 9.17) is 5.84 Å². The maximum absolute atomic E-state index is 11.8. The Balaban J connectivity index is 1.97. The first-order valence-corrected chi connectivity index (χ1v) is 10.6. The standard InChI is InChI=1S/C16H32N2O2S/c1-3-12-7-9-13(10-8-12)16(18-17)14-5-4-6-15(11-14)21(2,19)20/h12-16,18H,3-11,17H2,1-2H3. The summed E-state index contributed by atoms with van der Waals surface area (Å²) in [6.45, 7) is 2.28. The fourth-order valence-corrected chi connectivity index (χ4v) is 5.70. The number of rotatable bonds is 5. The van der Waals surface area contributed by atoms with Crippen molar-refractivity contribution < 1.29 is 8.42 Å². The number of nitrogens with two attached hydrogens (primary N) is 1. The first-order valence-electron chi connectivity index (χ1n) is 8.60. The van der Waals surface area contributed by atoms with E-state index in [1.54, 1.807) is 0 Å². The van der Waals surface area contributed by atoms with Crippen LogP contribution >= 0.6 is 0 Å². The fourth-order valence-electron chi connectivity index (χ4n) is 4.51. The van der Waals surface area contributed by atoms with E-state index in [2.05, 4.69) is 12.3 Å². The Morgan fingerprint density at radius 1 is 1.10 bits per heavy atom. The third kappa shape index (κ3) is 4.42. The molecule has 0 bridgehead atoms. The van der Waals surface area contributed by atoms with Crippen LogP contribution in [0.2, 0.25) is 0 Å². The summed E-state index contributed by atoms with van der Waals surface area (Å²) in [5.41, 5.74) is 3.05. The lowest BCUT2D eigenvalue weighted by Crippen LogP contribution is -2.49. The molecule has 0 aromatic heterocycles. The van der Waals surface area contributed by atoms with Crippen molar-refractivity contribution in [3.05, 3.63) is 0 Å². The van der Waals surface area contributed by atoms with E-state index in [0.29, 0.717) is 17.9 Å². The zero-order valence-electron chi connectivity index (χ0n) is 13.6. The van der Waals surface area contributed by atoms with Crippen molar-refractivity contribution >= 4 is 9.84 Å². The monoisotopic (exact) mass is 316 g/mol. The molecule has 4 nitrogen and oxygen atoms in total. The Kier molecular flexibility index (Phi) is 6.09. The number of hydrogen-bond acceptors (Lipinski definition) is 4. The summed E-state index contributed by atoms with van der Waals surface area (Å²) in [6, 6.07) is 0.298. The molecule has 2 fully saturated rings. The molecule has 124 valence electrons. The number of hydrogen-bond donors (Lipinski definition) is 2. The summed E-state index contributed by atoms with van der Waals surface area (Å²) in [5.74, 6) is 7.79. The molecule has 2 aliphatic carbocycles. The summed E-state index contributed by atoms with van der Waals surface area (Å²) < 4.78 is 23.7. The van der Waals surface area contributed by atoms with Gasteiger partial charge in [0.05, 0.1) is 5.25 Å². The summed E-state index contributed by atoms with van der Waals surface area (Å²) in [6.07, 6.45) is 11.5. The molecule has 3 unspecified atom stereocenters. The van der Waals surface area contributed by atoms with Crippen LogP contribution in [0.4, 0.5) is 0 Å². The van der Waals surface area contributed by atoms with Gasteiger partial charge in [0.1, 0.15) is 9.84 Å². The second kappa shape index (κ2) is 7.42. The highest BCUT2D eigenvalue weighted by Gasteiger charge is 2.37. The smallest absolute Gasteiger partial charge is 0.150 e. The van der Waals surface area contributed by atoms with Crippen molar-refractivity contribution in [2.75, 3.05) is 6.26 Å². The van der Waals surface area contributed by atoms with Gasteiger partial charge in [-0.2, -0.15) is 0 Å². The van der Waals surface area contributed by atoms with Crippen LogP contribution in [0, 0.1) is 17.8 Å². The molecule has 5 heteroatoms. The zero-order chi connectivity index (χ0) is 15.5. The van der Waals surface area contributed by atoms with Crippen LogP contribution in [0.15, 0.2) is 0 Å². The molecular weight excluding hydrogens is 284 g/mol. The van der Waals surface area contributed by atoms with E-state index in [1.807, 2.05) is 0 Å². The van der Waals surface area contributed by atoms with Crippen LogP contribution in [-0.2, 0) is 9.84 Å². The Morgan fingerprint density at radius 2 is 1.76 bits per heavy atom. The molecule has 0 spiro atoms. The van der Waals surface area contributed by atoms with E-state index >= 15 is 0 Å². The predicted octanol–water partition coefficient (Wildman–Crippen LogP) is 2.64. The topological polar surface area (TPSA) is 72.2 Å². The van der Waals surface area contributed by atoms with E-state index in [1.165, 1.54) is 38.4 Å². The van der Waals surface area contributed by atoms with Crippen LogP contribution in [0.25, 0.3) is 0 Å². The fraction of sp³-hybridized carbons (Fsp3) is 1.00.